The summed E-state index contributed by atoms with van der Waals surface area (Å²) in [6, 6.07) is 41.1. The number of hydrogen-bond acceptors (Lipinski definition) is 4. The van der Waals surface area contributed by atoms with E-state index in [0.29, 0.717) is 0 Å². The van der Waals surface area contributed by atoms with Crippen molar-refractivity contribution in [1.29, 1.82) is 0 Å². The number of rotatable bonds is 9. The number of allylic oxidation sites excluding steroid dienone is 2. The number of carbonyl (C=O) groups is 1. The van der Waals surface area contributed by atoms with Crippen molar-refractivity contribution in [2.24, 2.45) is 11.8 Å². The van der Waals surface area contributed by atoms with E-state index in [1.807, 2.05) is 52.0 Å². The van der Waals surface area contributed by atoms with E-state index in [2.05, 4.69) is 91.0 Å². The molecule has 0 aliphatic rings. The Morgan fingerprint density at radius 2 is 1.43 bits per heavy atom. The first kappa shape index (κ1) is 35.7. The van der Waals surface area contributed by atoms with Gasteiger partial charge >= 0.3 is 0 Å². The molecule has 1 radical (unpaired) electrons. The van der Waals surface area contributed by atoms with Gasteiger partial charge in [0.25, 0.3) is 0 Å². The van der Waals surface area contributed by atoms with Crippen LogP contribution in [-0.4, -0.2) is 15.9 Å². The summed E-state index contributed by atoms with van der Waals surface area (Å²) in [6.07, 6.45) is 4.91. The monoisotopic (exact) mass is 825 g/mol. The first-order valence-corrected chi connectivity index (χ1v) is 17.1. The SMILES string of the molecule is CCC(CC)C(=O)C=C(O)C(CC)CC.[Ir].[c-]1ccc2c(oc3ccccc32)c1-c1cc(-c2ccccc2)c2c(ccc3ccccc32)n1. The van der Waals surface area contributed by atoms with Crippen LogP contribution < -0.4 is 0 Å². The number of pyridine rings is 1. The van der Waals surface area contributed by atoms with Crippen molar-refractivity contribution in [1.82, 2.24) is 4.98 Å². The average Bonchev–Trinajstić information content (AvgIpc) is 3.52. The Balaban J connectivity index is 0.000000252. The largest absolute Gasteiger partial charge is 0.512 e. The molecule has 0 amide bonds. The summed E-state index contributed by atoms with van der Waals surface area (Å²) in [5.41, 5.74) is 6.74. The van der Waals surface area contributed by atoms with Gasteiger partial charge in [-0.1, -0.05) is 124 Å². The van der Waals surface area contributed by atoms with Crippen LogP contribution in [0.15, 0.2) is 125 Å². The molecule has 0 aliphatic carbocycles. The standard InChI is InChI=1S/C31H18NO.C13H24O2.Ir/c1-2-9-20(10-3-1)26-19-28(32-27-18-17-21-11-4-5-12-22(21)30(26)27)25-15-8-14-24-23-13-6-7-16-29(23)33-31(24)25;1-5-10(6-2)12(14)9-13(15)11(7-3)8-4;/h1-14,16-19H;9-11,14H,5-8H2,1-4H3;/q-1;;. The van der Waals surface area contributed by atoms with Crippen LogP contribution in [0.25, 0.3) is 66.0 Å². The van der Waals surface area contributed by atoms with E-state index in [1.54, 1.807) is 0 Å². The van der Waals surface area contributed by atoms with Gasteiger partial charge in [0.05, 0.1) is 16.9 Å². The number of hydrogen-bond donors (Lipinski definition) is 1. The van der Waals surface area contributed by atoms with Crippen LogP contribution >= 0.6 is 0 Å². The van der Waals surface area contributed by atoms with Crippen molar-refractivity contribution in [3.8, 4) is 22.4 Å². The van der Waals surface area contributed by atoms with Gasteiger partial charge < -0.3 is 9.52 Å². The summed E-state index contributed by atoms with van der Waals surface area (Å²) in [4.78, 5) is 16.8. The van der Waals surface area contributed by atoms with Gasteiger partial charge in [0.15, 0.2) is 5.78 Å². The number of nitrogens with zero attached hydrogens (tertiary/aromatic N) is 1. The number of aliphatic hydroxyl groups is 1. The molecule has 2 aromatic heterocycles. The van der Waals surface area contributed by atoms with E-state index in [4.69, 9.17) is 9.40 Å². The third-order valence-electron chi connectivity index (χ3n) is 9.46. The van der Waals surface area contributed by atoms with Crippen LogP contribution in [0, 0.1) is 17.9 Å². The van der Waals surface area contributed by atoms with Crippen molar-refractivity contribution in [2.45, 2.75) is 53.4 Å². The maximum Gasteiger partial charge on any atom is 0.162 e. The molecule has 49 heavy (non-hydrogen) atoms. The quantitative estimate of drug-likeness (QED) is 0.0682. The van der Waals surface area contributed by atoms with Crippen LogP contribution in [0.4, 0.5) is 0 Å². The van der Waals surface area contributed by atoms with Crippen LogP contribution in [-0.2, 0) is 24.9 Å². The molecule has 5 heteroatoms. The van der Waals surface area contributed by atoms with Gasteiger partial charge in [-0.2, -0.15) is 0 Å². The van der Waals surface area contributed by atoms with Crippen LogP contribution in [0.5, 0.6) is 0 Å². The number of ketones is 1. The fraction of sp³-hybridized carbons (Fsp3) is 0.227. The Hall–Kier alpha value is -4.57. The number of para-hydroxylation sites is 1. The van der Waals surface area contributed by atoms with E-state index in [9.17, 15) is 9.90 Å². The van der Waals surface area contributed by atoms with E-state index in [-0.39, 0.29) is 43.5 Å². The van der Waals surface area contributed by atoms with Gasteiger partial charge in [0.2, 0.25) is 0 Å². The third-order valence-corrected chi connectivity index (χ3v) is 9.46. The van der Waals surface area contributed by atoms with Crippen LogP contribution in [0.2, 0.25) is 0 Å². The van der Waals surface area contributed by atoms with Gasteiger partial charge in [0.1, 0.15) is 5.58 Å². The second kappa shape index (κ2) is 16.2. The number of aliphatic hydroxyl groups excluding tert-OH is 1. The minimum atomic E-state index is 0. The first-order chi connectivity index (χ1) is 23.5. The molecule has 5 aromatic carbocycles. The zero-order valence-electron chi connectivity index (χ0n) is 28.5. The number of carbonyl (C=O) groups excluding carboxylic acids is 1. The maximum atomic E-state index is 11.7. The van der Waals surface area contributed by atoms with E-state index in [1.165, 1.54) is 27.8 Å². The average molecular weight is 825 g/mol. The molecule has 0 atom stereocenters. The Kier molecular flexibility index (Phi) is 11.8. The first-order valence-electron chi connectivity index (χ1n) is 17.1. The van der Waals surface area contributed by atoms with Crippen LogP contribution in [0.3, 0.4) is 0 Å². The molecule has 7 aromatic rings. The van der Waals surface area contributed by atoms with E-state index < -0.39 is 0 Å². The molecular formula is C44H42IrNO3-. The summed E-state index contributed by atoms with van der Waals surface area (Å²) in [7, 11) is 0. The zero-order chi connectivity index (χ0) is 33.6. The molecule has 0 aliphatic heterocycles. The van der Waals surface area contributed by atoms with Crippen molar-refractivity contribution >= 4 is 49.4 Å². The Morgan fingerprint density at radius 1 is 0.776 bits per heavy atom. The molecule has 7 rings (SSSR count). The zero-order valence-corrected chi connectivity index (χ0v) is 30.9. The van der Waals surface area contributed by atoms with Gasteiger partial charge in [-0.15, -0.1) is 18.2 Å². The number of aromatic nitrogens is 1. The van der Waals surface area contributed by atoms with Gasteiger partial charge in [-0.3, -0.25) is 9.78 Å². The molecule has 0 fully saturated rings. The number of fused-ring (bicyclic) bond motifs is 6. The smallest absolute Gasteiger partial charge is 0.162 e. The fourth-order valence-corrected chi connectivity index (χ4v) is 6.64. The molecule has 0 spiro atoms. The summed E-state index contributed by atoms with van der Waals surface area (Å²) in [6.45, 7) is 8.07. The molecule has 0 saturated carbocycles. The maximum absolute atomic E-state index is 11.7. The topological polar surface area (TPSA) is 63.3 Å². The Labute approximate surface area is 302 Å². The number of benzene rings is 5. The predicted octanol–water partition coefficient (Wildman–Crippen LogP) is 12.3. The fourth-order valence-electron chi connectivity index (χ4n) is 6.64. The van der Waals surface area contributed by atoms with Gasteiger partial charge in [0, 0.05) is 48.8 Å². The Bertz CT molecular complexity index is 2230. The van der Waals surface area contributed by atoms with E-state index >= 15 is 0 Å². The molecule has 251 valence electrons. The van der Waals surface area contributed by atoms with Gasteiger partial charge in [-0.05, 0) is 65.4 Å². The normalized spacial score (nSPS) is 11.7. The third kappa shape index (κ3) is 7.39. The molecule has 4 nitrogen and oxygen atoms in total. The van der Waals surface area contributed by atoms with E-state index in [0.717, 1.165) is 70.0 Å². The number of furan rings is 1. The predicted molar refractivity (Wildman–Crippen MR) is 200 cm³/mol. The summed E-state index contributed by atoms with van der Waals surface area (Å²) in [5, 5.41) is 15.5. The summed E-state index contributed by atoms with van der Waals surface area (Å²) >= 11 is 0. The van der Waals surface area contributed by atoms with Gasteiger partial charge in [-0.25, -0.2) is 0 Å². The van der Waals surface area contributed by atoms with Crippen molar-refractivity contribution in [3.63, 3.8) is 0 Å². The second-order valence-corrected chi connectivity index (χ2v) is 12.3. The minimum Gasteiger partial charge on any atom is -0.512 e. The molecular weight excluding hydrogens is 783 g/mol. The second-order valence-electron chi connectivity index (χ2n) is 12.3. The summed E-state index contributed by atoms with van der Waals surface area (Å²) < 4.78 is 6.29. The Morgan fingerprint density at radius 3 is 2.14 bits per heavy atom. The molecule has 2 heterocycles. The molecule has 1 N–H and O–H groups in total. The van der Waals surface area contributed by atoms with Crippen molar-refractivity contribution < 1.29 is 34.4 Å². The van der Waals surface area contributed by atoms with Crippen LogP contribution in [0.1, 0.15) is 53.4 Å². The van der Waals surface area contributed by atoms with Crippen molar-refractivity contribution in [3.05, 3.63) is 127 Å². The minimum absolute atomic E-state index is 0. The van der Waals surface area contributed by atoms with Crippen molar-refractivity contribution in [2.75, 3.05) is 0 Å². The summed E-state index contributed by atoms with van der Waals surface area (Å²) in [5.74, 6) is 0.547. The molecule has 0 unspecified atom stereocenters. The molecule has 0 saturated heterocycles. The molecule has 0 bridgehead atoms.